The van der Waals surface area contributed by atoms with E-state index in [0.29, 0.717) is 0 Å². The second-order valence-electron chi connectivity index (χ2n) is 4.90. The molecule has 0 aliphatic carbocycles. The van der Waals surface area contributed by atoms with Gasteiger partial charge in [-0.15, -0.1) is 0 Å². The molecule has 0 saturated carbocycles. The fraction of sp³-hybridized carbons (Fsp3) is 0.188. The van der Waals surface area contributed by atoms with Crippen molar-refractivity contribution in [1.82, 2.24) is 5.48 Å². The van der Waals surface area contributed by atoms with Crippen molar-refractivity contribution in [3.8, 4) is 0 Å². The van der Waals surface area contributed by atoms with Crippen LogP contribution in [-0.2, 0) is 4.84 Å². The lowest BCUT2D eigenvalue weighted by atomic mass is 10.1. The molecule has 0 amide bonds. The number of hydroxylamine groups is 1. The zero-order valence-electron chi connectivity index (χ0n) is 11.6. The number of benzene rings is 2. The van der Waals surface area contributed by atoms with Gasteiger partial charge in [0.1, 0.15) is 0 Å². The third kappa shape index (κ3) is 2.51. The van der Waals surface area contributed by atoms with Crippen LogP contribution in [0.15, 0.2) is 59.6 Å². The summed E-state index contributed by atoms with van der Waals surface area (Å²) in [5.74, 6) is 0.771. The third-order valence-corrected chi connectivity index (χ3v) is 3.26. The number of rotatable bonds is 3. The first-order chi connectivity index (χ1) is 9.74. The van der Waals surface area contributed by atoms with Gasteiger partial charge in [-0.25, -0.2) is 15.3 Å². The van der Waals surface area contributed by atoms with Crippen molar-refractivity contribution in [2.45, 2.75) is 6.23 Å². The van der Waals surface area contributed by atoms with Gasteiger partial charge in [0, 0.05) is 30.9 Å². The van der Waals surface area contributed by atoms with Crippen LogP contribution in [0.5, 0.6) is 0 Å². The molecule has 0 radical (unpaired) electrons. The van der Waals surface area contributed by atoms with Crippen LogP contribution in [0.25, 0.3) is 0 Å². The van der Waals surface area contributed by atoms with E-state index in [1.54, 1.807) is 0 Å². The van der Waals surface area contributed by atoms with Gasteiger partial charge in [-0.05, 0) is 12.1 Å². The summed E-state index contributed by atoms with van der Waals surface area (Å²) in [7, 11) is 4.04. The lowest BCUT2D eigenvalue weighted by molar-refractivity contribution is 0.0377. The molecule has 1 heterocycles. The maximum absolute atomic E-state index is 5.54. The van der Waals surface area contributed by atoms with Crippen molar-refractivity contribution >= 4 is 11.5 Å². The monoisotopic (exact) mass is 267 g/mol. The van der Waals surface area contributed by atoms with Gasteiger partial charge >= 0.3 is 0 Å². The van der Waals surface area contributed by atoms with Crippen molar-refractivity contribution in [2.24, 2.45) is 4.99 Å². The average Bonchev–Trinajstić information content (AvgIpc) is 2.98. The summed E-state index contributed by atoms with van der Waals surface area (Å²) in [6.45, 7) is 0. The van der Waals surface area contributed by atoms with E-state index in [9.17, 15) is 0 Å². The van der Waals surface area contributed by atoms with Crippen LogP contribution in [0.1, 0.15) is 17.4 Å². The summed E-state index contributed by atoms with van der Waals surface area (Å²) in [4.78, 5) is 12.2. The van der Waals surface area contributed by atoms with E-state index >= 15 is 0 Å². The van der Waals surface area contributed by atoms with Gasteiger partial charge in [-0.2, -0.15) is 0 Å². The molecule has 20 heavy (non-hydrogen) atoms. The fourth-order valence-electron chi connectivity index (χ4n) is 2.09. The predicted molar refractivity (Wildman–Crippen MR) is 80.7 cm³/mol. The van der Waals surface area contributed by atoms with E-state index in [-0.39, 0.29) is 6.23 Å². The Labute approximate surface area is 118 Å². The Hall–Kier alpha value is -2.33. The van der Waals surface area contributed by atoms with Gasteiger partial charge in [-0.3, -0.25) is 0 Å². The highest BCUT2D eigenvalue weighted by Gasteiger charge is 2.20. The van der Waals surface area contributed by atoms with Gasteiger partial charge in [0.15, 0.2) is 5.84 Å². The Morgan fingerprint density at radius 1 is 1.00 bits per heavy atom. The largest absolute Gasteiger partial charge is 0.378 e. The van der Waals surface area contributed by atoms with Crippen molar-refractivity contribution in [3.63, 3.8) is 0 Å². The van der Waals surface area contributed by atoms with Gasteiger partial charge in [0.25, 0.3) is 0 Å². The minimum Gasteiger partial charge on any atom is -0.378 e. The SMILES string of the molecule is CN(C)c1ccc(C2N=C(c3ccccc3)NO2)cc1. The van der Waals surface area contributed by atoms with Crippen molar-refractivity contribution < 1.29 is 4.84 Å². The molecule has 102 valence electrons. The molecule has 1 unspecified atom stereocenters. The molecule has 0 aromatic heterocycles. The van der Waals surface area contributed by atoms with E-state index < -0.39 is 0 Å². The minimum atomic E-state index is -0.290. The van der Waals surface area contributed by atoms with Crippen LogP contribution in [0.3, 0.4) is 0 Å². The molecule has 0 fully saturated rings. The smallest absolute Gasteiger partial charge is 0.202 e. The standard InChI is InChI=1S/C16H17N3O/c1-19(2)14-10-8-13(9-11-14)16-17-15(18-20-16)12-6-4-3-5-7-12/h3-11,16H,1-2H3,(H,17,18). The number of nitrogens with zero attached hydrogens (tertiary/aromatic N) is 2. The van der Waals surface area contributed by atoms with Crippen molar-refractivity contribution in [3.05, 3.63) is 65.7 Å². The average molecular weight is 267 g/mol. The second-order valence-corrected chi connectivity index (χ2v) is 4.90. The van der Waals surface area contributed by atoms with Crippen LogP contribution in [-0.4, -0.2) is 19.9 Å². The fourth-order valence-corrected chi connectivity index (χ4v) is 2.09. The number of anilines is 1. The van der Waals surface area contributed by atoms with Gasteiger partial charge < -0.3 is 4.90 Å². The third-order valence-electron chi connectivity index (χ3n) is 3.26. The molecule has 2 aromatic carbocycles. The predicted octanol–water partition coefficient (Wildman–Crippen LogP) is 2.73. The maximum atomic E-state index is 5.54. The first kappa shape index (κ1) is 12.7. The Kier molecular flexibility index (Phi) is 3.39. The summed E-state index contributed by atoms with van der Waals surface area (Å²) in [6, 6.07) is 18.2. The molecule has 3 rings (SSSR count). The molecule has 1 aliphatic rings. The highest BCUT2D eigenvalue weighted by atomic mass is 16.7. The molecule has 1 N–H and O–H groups in total. The lowest BCUT2D eigenvalue weighted by Crippen LogP contribution is -2.17. The van der Waals surface area contributed by atoms with E-state index in [1.807, 2.05) is 56.6 Å². The molecular formula is C16H17N3O. The van der Waals surface area contributed by atoms with Gasteiger partial charge in [0.2, 0.25) is 6.23 Å². The van der Waals surface area contributed by atoms with E-state index in [2.05, 4.69) is 27.5 Å². The van der Waals surface area contributed by atoms with Crippen LogP contribution in [0, 0.1) is 0 Å². The Morgan fingerprint density at radius 2 is 1.70 bits per heavy atom. The maximum Gasteiger partial charge on any atom is 0.202 e. The quantitative estimate of drug-likeness (QED) is 0.929. The molecule has 1 aliphatic heterocycles. The van der Waals surface area contributed by atoms with Crippen LogP contribution < -0.4 is 10.4 Å². The molecular weight excluding hydrogens is 250 g/mol. The van der Waals surface area contributed by atoms with E-state index in [1.165, 1.54) is 0 Å². The number of nitrogens with one attached hydrogen (secondary N) is 1. The number of hydrogen-bond donors (Lipinski definition) is 1. The zero-order valence-corrected chi connectivity index (χ0v) is 11.6. The molecule has 0 saturated heterocycles. The molecule has 2 aromatic rings. The Balaban J connectivity index is 1.81. The number of aliphatic imine (C=N–C) groups is 1. The number of amidine groups is 1. The van der Waals surface area contributed by atoms with Gasteiger partial charge in [-0.1, -0.05) is 42.5 Å². The Morgan fingerprint density at radius 3 is 2.35 bits per heavy atom. The number of hydrogen-bond acceptors (Lipinski definition) is 4. The second kappa shape index (κ2) is 5.35. The molecule has 4 heteroatoms. The molecule has 1 atom stereocenters. The first-order valence-electron chi connectivity index (χ1n) is 6.56. The summed E-state index contributed by atoms with van der Waals surface area (Å²) in [5.41, 5.74) is 6.12. The highest BCUT2D eigenvalue weighted by Crippen LogP contribution is 2.25. The van der Waals surface area contributed by atoms with Gasteiger partial charge in [0.05, 0.1) is 0 Å². The summed E-state index contributed by atoms with van der Waals surface area (Å²) in [6.07, 6.45) is -0.290. The minimum absolute atomic E-state index is 0.290. The highest BCUT2D eigenvalue weighted by molar-refractivity contribution is 5.98. The van der Waals surface area contributed by atoms with Crippen molar-refractivity contribution in [1.29, 1.82) is 0 Å². The van der Waals surface area contributed by atoms with Crippen LogP contribution in [0.2, 0.25) is 0 Å². The summed E-state index contributed by atoms with van der Waals surface area (Å²) < 4.78 is 0. The lowest BCUT2D eigenvalue weighted by Gasteiger charge is -2.13. The Bertz CT molecular complexity index is 605. The zero-order chi connectivity index (χ0) is 13.9. The normalized spacial score (nSPS) is 17.5. The topological polar surface area (TPSA) is 36.9 Å². The van der Waals surface area contributed by atoms with E-state index in [4.69, 9.17) is 4.84 Å². The summed E-state index contributed by atoms with van der Waals surface area (Å²) in [5, 5.41) is 0. The van der Waals surface area contributed by atoms with Crippen LogP contribution in [0.4, 0.5) is 5.69 Å². The molecule has 0 bridgehead atoms. The first-order valence-corrected chi connectivity index (χ1v) is 6.56. The molecule has 0 spiro atoms. The molecule has 4 nitrogen and oxygen atoms in total. The van der Waals surface area contributed by atoms with Crippen molar-refractivity contribution in [2.75, 3.05) is 19.0 Å². The van der Waals surface area contributed by atoms with Crippen LogP contribution >= 0.6 is 0 Å². The summed E-state index contributed by atoms with van der Waals surface area (Å²) >= 11 is 0. The van der Waals surface area contributed by atoms with E-state index in [0.717, 1.165) is 22.6 Å².